The zero-order chi connectivity index (χ0) is 18.7. The van der Waals surface area contributed by atoms with Gasteiger partial charge in [-0.1, -0.05) is 30.3 Å². The highest BCUT2D eigenvalue weighted by atomic mass is 32.2. The Balaban J connectivity index is 1.69. The fourth-order valence-corrected chi connectivity index (χ4v) is 4.61. The molecule has 0 saturated carbocycles. The monoisotopic (exact) mass is 391 g/mol. The molecule has 1 atom stereocenters. The number of hydrogen-bond acceptors (Lipinski definition) is 4. The van der Waals surface area contributed by atoms with Crippen LogP contribution in [0.1, 0.15) is 17.2 Å². The summed E-state index contributed by atoms with van der Waals surface area (Å²) in [7, 11) is -3.83. The van der Waals surface area contributed by atoms with E-state index in [4.69, 9.17) is 0 Å². The Labute approximate surface area is 156 Å². The second kappa shape index (κ2) is 7.67. The van der Waals surface area contributed by atoms with E-state index in [1.54, 1.807) is 23.5 Å². The van der Waals surface area contributed by atoms with E-state index in [9.17, 15) is 17.9 Å². The molecule has 0 saturated heterocycles. The van der Waals surface area contributed by atoms with Crippen LogP contribution in [0.15, 0.2) is 64.9 Å². The van der Waals surface area contributed by atoms with Crippen molar-refractivity contribution in [1.82, 2.24) is 4.72 Å². The molecule has 2 aromatic carbocycles. The normalized spacial score (nSPS) is 12.9. The number of nitrogens with one attached hydrogen (secondary N) is 1. The molecule has 7 heteroatoms. The lowest BCUT2D eigenvalue weighted by Crippen LogP contribution is -2.29. The van der Waals surface area contributed by atoms with Crippen molar-refractivity contribution < 1.29 is 17.9 Å². The molecule has 3 rings (SSSR count). The van der Waals surface area contributed by atoms with Crippen LogP contribution < -0.4 is 4.72 Å². The molecule has 0 fully saturated rings. The van der Waals surface area contributed by atoms with Crippen LogP contribution in [0.5, 0.6) is 0 Å². The summed E-state index contributed by atoms with van der Waals surface area (Å²) in [6, 6.07) is 14.8. The van der Waals surface area contributed by atoms with Crippen molar-refractivity contribution in [3.05, 3.63) is 76.9 Å². The Hall–Kier alpha value is -2.06. The van der Waals surface area contributed by atoms with E-state index in [2.05, 4.69) is 4.72 Å². The lowest BCUT2D eigenvalue weighted by Gasteiger charge is -2.14. The molecule has 0 aliphatic carbocycles. The van der Waals surface area contributed by atoms with Gasteiger partial charge < -0.3 is 5.11 Å². The Morgan fingerprint density at radius 2 is 1.88 bits per heavy atom. The van der Waals surface area contributed by atoms with Gasteiger partial charge in [-0.15, -0.1) is 11.3 Å². The number of halogens is 1. The number of sulfonamides is 1. The Bertz CT molecular complexity index is 984. The summed E-state index contributed by atoms with van der Waals surface area (Å²) in [5.74, 6) is -0.493. The summed E-state index contributed by atoms with van der Waals surface area (Å²) < 4.78 is 40.3. The molecular formula is C19H18FNO3S2. The molecule has 136 valence electrons. The minimum absolute atomic E-state index is 0.000793. The van der Waals surface area contributed by atoms with Crippen LogP contribution >= 0.6 is 11.3 Å². The number of aryl methyl sites for hydroxylation is 1. The highest BCUT2D eigenvalue weighted by molar-refractivity contribution is 7.89. The molecule has 1 unspecified atom stereocenters. The molecule has 0 aliphatic rings. The van der Waals surface area contributed by atoms with Crippen molar-refractivity contribution in [2.24, 2.45) is 0 Å². The summed E-state index contributed by atoms with van der Waals surface area (Å²) in [4.78, 5) is 1.12. The van der Waals surface area contributed by atoms with Gasteiger partial charge in [0.15, 0.2) is 0 Å². The van der Waals surface area contributed by atoms with Gasteiger partial charge >= 0.3 is 0 Å². The zero-order valence-electron chi connectivity index (χ0n) is 14.0. The van der Waals surface area contributed by atoms with E-state index in [0.717, 1.165) is 22.6 Å². The van der Waals surface area contributed by atoms with Crippen molar-refractivity contribution >= 4 is 21.4 Å². The molecule has 0 radical (unpaired) electrons. The minimum Gasteiger partial charge on any atom is -0.387 e. The maximum absolute atomic E-state index is 13.2. The lowest BCUT2D eigenvalue weighted by atomic mass is 10.1. The van der Waals surface area contributed by atoms with E-state index >= 15 is 0 Å². The molecule has 1 heterocycles. The topological polar surface area (TPSA) is 66.4 Å². The van der Waals surface area contributed by atoms with Crippen molar-refractivity contribution in [3.8, 4) is 10.4 Å². The largest absolute Gasteiger partial charge is 0.387 e. The molecule has 0 spiro atoms. The summed E-state index contributed by atoms with van der Waals surface area (Å²) in [5.41, 5.74) is 1.97. The highest BCUT2D eigenvalue weighted by Gasteiger charge is 2.19. The fourth-order valence-electron chi connectivity index (χ4n) is 2.61. The fraction of sp³-hybridized carbons (Fsp3) is 0.158. The Morgan fingerprint density at radius 3 is 2.50 bits per heavy atom. The van der Waals surface area contributed by atoms with Gasteiger partial charge in [-0.3, -0.25) is 0 Å². The van der Waals surface area contributed by atoms with Crippen molar-refractivity contribution in [2.75, 3.05) is 6.54 Å². The SMILES string of the molecule is Cc1cc(F)ccc1S(=O)(=O)NCC(O)c1ccc(-c2cccs2)cc1. The molecule has 2 N–H and O–H groups in total. The van der Waals surface area contributed by atoms with Gasteiger partial charge in [0.05, 0.1) is 11.0 Å². The van der Waals surface area contributed by atoms with Crippen LogP contribution in [-0.2, 0) is 10.0 Å². The number of thiophene rings is 1. The van der Waals surface area contributed by atoms with Gasteiger partial charge in [-0.25, -0.2) is 17.5 Å². The van der Waals surface area contributed by atoms with Crippen LogP contribution in [0, 0.1) is 12.7 Å². The number of benzene rings is 2. The molecule has 0 aliphatic heterocycles. The van der Waals surface area contributed by atoms with Crippen molar-refractivity contribution in [2.45, 2.75) is 17.9 Å². The first kappa shape index (κ1) is 18.7. The van der Waals surface area contributed by atoms with Crippen LogP contribution in [0.4, 0.5) is 4.39 Å². The first-order chi connectivity index (χ1) is 12.4. The molecule has 3 aromatic rings. The van der Waals surface area contributed by atoms with Gasteiger partial charge in [0.25, 0.3) is 0 Å². The second-order valence-corrected chi connectivity index (χ2v) is 8.56. The van der Waals surface area contributed by atoms with E-state index in [1.807, 2.05) is 29.6 Å². The standard InChI is InChI=1S/C19H18FNO3S2/c1-13-11-16(20)8-9-19(13)26(23,24)21-12-17(22)14-4-6-15(7-5-14)18-3-2-10-25-18/h2-11,17,21-22H,12H2,1H3. The number of aliphatic hydroxyl groups excluding tert-OH is 1. The number of rotatable bonds is 6. The third-order valence-electron chi connectivity index (χ3n) is 3.99. The second-order valence-electron chi connectivity index (χ2n) is 5.88. The summed E-state index contributed by atoms with van der Waals surface area (Å²) in [6.07, 6.45) is -0.983. The molecule has 4 nitrogen and oxygen atoms in total. The molecular weight excluding hydrogens is 373 g/mol. The molecule has 0 bridgehead atoms. The van der Waals surface area contributed by atoms with E-state index in [0.29, 0.717) is 11.1 Å². The highest BCUT2D eigenvalue weighted by Crippen LogP contribution is 2.26. The van der Waals surface area contributed by atoms with E-state index in [1.165, 1.54) is 13.0 Å². The first-order valence-electron chi connectivity index (χ1n) is 7.94. The maximum atomic E-state index is 13.2. The predicted octanol–water partition coefficient (Wildman–Crippen LogP) is 3.87. The zero-order valence-corrected chi connectivity index (χ0v) is 15.6. The summed E-state index contributed by atoms with van der Waals surface area (Å²) in [6.45, 7) is 1.36. The van der Waals surface area contributed by atoms with Crippen LogP contribution in [0.3, 0.4) is 0 Å². The van der Waals surface area contributed by atoms with Crippen LogP contribution in [-0.4, -0.2) is 20.1 Å². The first-order valence-corrected chi connectivity index (χ1v) is 10.3. The lowest BCUT2D eigenvalue weighted by molar-refractivity contribution is 0.182. The predicted molar refractivity (Wildman–Crippen MR) is 101 cm³/mol. The van der Waals surface area contributed by atoms with Gasteiger partial charge in [-0.2, -0.15) is 0 Å². The summed E-state index contributed by atoms with van der Waals surface area (Å²) in [5, 5.41) is 12.3. The minimum atomic E-state index is -3.83. The summed E-state index contributed by atoms with van der Waals surface area (Å²) >= 11 is 1.62. The molecule has 26 heavy (non-hydrogen) atoms. The van der Waals surface area contributed by atoms with Gasteiger partial charge in [0, 0.05) is 11.4 Å². The maximum Gasteiger partial charge on any atom is 0.240 e. The Kier molecular flexibility index (Phi) is 5.52. The molecule has 1 aromatic heterocycles. The van der Waals surface area contributed by atoms with Crippen LogP contribution in [0.2, 0.25) is 0 Å². The number of hydrogen-bond donors (Lipinski definition) is 2. The Morgan fingerprint density at radius 1 is 1.15 bits per heavy atom. The van der Waals surface area contributed by atoms with Gasteiger partial charge in [-0.05, 0) is 53.3 Å². The van der Waals surface area contributed by atoms with Crippen LogP contribution in [0.25, 0.3) is 10.4 Å². The number of aliphatic hydroxyl groups is 1. The van der Waals surface area contributed by atoms with Crippen molar-refractivity contribution in [1.29, 1.82) is 0 Å². The van der Waals surface area contributed by atoms with Crippen molar-refractivity contribution in [3.63, 3.8) is 0 Å². The van der Waals surface area contributed by atoms with Gasteiger partial charge in [0.2, 0.25) is 10.0 Å². The quantitative estimate of drug-likeness (QED) is 0.670. The smallest absolute Gasteiger partial charge is 0.240 e. The third kappa shape index (κ3) is 4.19. The van der Waals surface area contributed by atoms with Gasteiger partial charge in [0.1, 0.15) is 5.82 Å². The van der Waals surface area contributed by atoms with E-state index < -0.39 is 21.9 Å². The third-order valence-corrected chi connectivity index (χ3v) is 6.50. The average molecular weight is 391 g/mol. The average Bonchev–Trinajstić information content (AvgIpc) is 3.14. The van der Waals surface area contributed by atoms with E-state index in [-0.39, 0.29) is 11.4 Å². The molecule has 0 amide bonds.